The van der Waals surface area contributed by atoms with E-state index in [1.165, 1.54) is 20.2 Å². The number of nitrogens with zero attached hydrogens (tertiary/aromatic N) is 4. The third-order valence-corrected chi connectivity index (χ3v) is 6.63. The van der Waals surface area contributed by atoms with E-state index in [0.717, 1.165) is 30.8 Å². The number of benzene rings is 3. The molecule has 3 aromatic carbocycles. The minimum atomic E-state index is -0.197. The first kappa shape index (κ1) is 21.9. The van der Waals surface area contributed by atoms with Crippen molar-refractivity contribution in [2.45, 2.75) is 19.5 Å². The number of nitrogens with one attached hydrogen (secondary N) is 1. The molecule has 0 unspecified atom stereocenters. The highest BCUT2D eigenvalue weighted by molar-refractivity contribution is 6.04. The zero-order valence-corrected chi connectivity index (χ0v) is 19.7. The van der Waals surface area contributed by atoms with E-state index in [1.807, 2.05) is 54.6 Å². The van der Waals surface area contributed by atoms with Gasteiger partial charge >= 0.3 is 5.69 Å². The SMILES string of the molecule is O=C(Nc1cccc(Cn2nc3ccccn3c2=O)c1)c1ccc(N2CCc3ccccc3C2)cc1. The Kier molecular flexibility index (Phi) is 5.58. The molecule has 3 heterocycles. The van der Waals surface area contributed by atoms with Crippen LogP contribution in [0.15, 0.2) is 102 Å². The summed E-state index contributed by atoms with van der Waals surface area (Å²) < 4.78 is 2.94. The lowest BCUT2D eigenvalue weighted by Gasteiger charge is -2.30. The predicted molar refractivity (Wildman–Crippen MR) is 141 cm³/mol. The molecule has 0 radical (unpaired) electrons. The Bertz CT molecular complexity index is 1620. The number of pyridine rings is 1. The van der Waals surface area contributed by atoms with Crippen molar-refractivity contribution in [3.63, 3.8) is 0 Å². The highest BCUT2D eigenvalue weighted by Gasteiger charge is 2.16. The zero-order valence-electron chi connectivity index (χ0n) is 19.7. The Morgan fingerprint density at radius 2 is 1.69 bits per heavy atom. The van der Waals surface area contributed by atoms with Gasteiger partial charge in [0.1, 0.15) is 0 Å². The molecular weight excluding hydrogens is 450 g/mol. The molecule has 6 rings (SSSR count). The average molecular weight is 476 g/mol. The van der Waals surface area contributed by atoms with E-state index < -0.39 is 0 Å². The van der Waals surface area contributed by atoms with Gasteiger partial charge in [-0.2, -0.15) is 0 Å². The summed E-state index contributed by atoms with van der Waals surface area (Å²) in [6.45, 7) is 2.16. The van der Waals surface area contributed by atoms with Gasteiger partial charge in [-0.3, -0.25) is 9.20 Å². The Labute approximate surface area is 208 Å². The maximum atomic E-state index is 12.9. The van der Waals surface area contributed by atoms with Gasteiger partial charge < -0.3 is 10.2 Å². The van der Waals surface area contributed by atoms with Crippen LogP contribution in [0.3, 0.4) is 0 Å². The molecule has 1 amide bonds. The van der Waals surface area contributed by atoms with Crippen LogP contribution in [0.2, 0.25) is 0 Å². The fourth-order valence-electron chi connectivity index (χ4n) is 4.73. The number of fused-ring (bicyclic) bond motifs is 2. The molecule has 0 saturated carbocycles. The lowest BCUT2D eigenvalue weighted by molar-refractivity contribution is 0.102. The van der Waals surface area contributed by atoms with Crippen molar-refractivity contribution in [3.05, 3.63) is 130 Å². The van der Waals surface area contributed by atoms with Crippen LogP contribution in [0.5, 0.6) is 0 Å². The Morgan fingerprint density at radius 3 is 2.53 bits per heavy atom. The molecule has 0 atom stereocenters. The van der Waals surface area contributed by atoms with Crippen molar-refractivity contribution >= 4 is 22.9 Å². The minimum absolute atomic E-state index is 0.174. The van der Waals surface area contributed by atoms with E-state index in [-0.39, 0.29) is 11.6 Å². The third kappa shape index (κ3) is 4.27. The first-order valence-electron chi connectivity index (χ1n) is 12.0. The van der Waals surface area contributed by atoms with E-state index in [1.54, 1.807) is 18.3 Å². The van der Waals surface area contributed by atoms with Crippen LogP contribution in [0.1, 0.15) is 27.0 Å². The van der Waals surface area contributed by atoms with E-state index in [9.17, 15) is 9.59 Å². The minimum Gasteiger partial charge on any atom is -0.367 e. The van der Waals surface area contributed by atoms with Gasteiger partial charge in [0, 0.05) is 36.2 Å². The Hall–Kier alpha value is -4.65. The number of aromatic nitrogens is 3. The molecule has 0 bridgehead atoms. The lowest BCUT2D eigenvalue weighted by Crippen LogP contribution is -2.30. The number of hydrogen-bond acceptors (Lipinski definition) is 4. The smallest absolute Gasteiger partial charge is 0.350 e. The van der Waals surface area contributed by atoms with Crippen molar-refractivity contribution < 1.29 is 4.79 Å². The standard InChI is InChI=1S/C29H25N5O2/c35-28(23-11-13-26(14-12-23)32-17-15-22-7-1-2-8-24(22)20-32)30-25-9-5-6-21(18-25)19-34-29(36)33-16-4-3-10-27(33)31-34/h1-14,16,18H,15,17,19-20H2,(H,30,35). The van der Waals surface area contributed by atoms with Crippen molar-refractivity contribution in [2.75, 3.05) is 16.8 Å². The van der Waals surface area contributed by atoms with E-state index in [4.69, 9.17) is 0 Å². The summed E-state index contributed by atoms with van der Waals surface area (Å²) in [5.74, 6) is -0.174. The molecule has 0 spiro atoms. The van der Waals surface area contributed by atoms with Gasteiger partial charge in [-0.15, -0.1) is 5.10 Å². The molecule has 7 nitrogen and oxygen atoms in total. The molecule has 0 saturated heterocycles. The monoisotopic (exact) mass is 475 g/mol. The van der Waals surface area contributed by atoms with Crippen molar-refractivity contribution in [2.24, 2.45) is 0 Å². The van der Waals surface area contributed by atoms with E-state index >= 15 is 0 Å². The largest absolute Gasteiger partial charge is 0.367 e. The number of amides is 1. The summed E-state index contributed by atoms with van der Waals surface area (Å²) in [6.07, 6.45) is 2.73. The van der Waals surface area contributed by atoms with Gasteiger partial charge in [0.05, 0.1) is 6.54 Å². The van der Waals surface area contributed by atoms with Gasteiger partial charge in [-0.25, -0.2) is 9.48 Å². The summed E-state index contributed by atoms with van der Waals surface area (Å²) in [5.41, 5.74) is 6.43. The number of anilines is 2. The normalized spacial score (nSPS) is 12.9. The summed E-state index contributed by atoms with van der Waals surface area (Å²) in [7, 11) is 0. The highest BCUT2D eigenvalue weighted by atomic mass is 16.2. The quantitative estimate of drug-likeness (QED) is 0.410. The first-order chi connectivity index (χ1) is 17.6. The van der Waals surface area contributed by atoms with Crippen LogP contribution in [-0.2, 0) is 19.5 Å². The van der Waals surface area contributed by atoms with Crippen LogP contribution in [-0.4, -0.2) is 26.6 Å². The highest BCUT2D eigenvalue weighted by Crippen LogP contribution is 2.25. The average Bonchev–Trinajstić information content (AvgIpc) is 3.23. The van der Waals surface area contributed by atoms with E-state index in [2.05, 4.69) is 39.6 Å². The summed E-state index contributed by atoms with van der Waals surface area (Å²) >= 11 is 0. The fraction of sp³-hybridized carbons (Fsp3) is 0.138. The summed E-state index contributed by atoms with van der Waals surface area (Å²) in [6, 6.07) is 29.2. The topological polar surface area (TPSA) is 71.6 Å². The molecule has 7 heteroatoms. The number of hydrogen-bond donors (Lipinski definition) is 1. The van der Waals surface area contributed by atoms with Gasteiger partial charge in [0.15, 0.2) is 5.65 Å². The van der Waals surface area contributed by atoms with Crippen LogP contribution in [0, 0.1) is 0 Å². The summed E-state index contributed by atoms with van der Waals surface area (Å²) in [5, 5.41) is 7.35. The molecule has 178 valence electrons. The van der Waals surface area contributed by atoms with Crippen LogP contribution in [0.4, 0.5) is 11.4 Å². The first-order valence-corrected chi connectivity index (χ1v) is 12.0. The number of rotatable bonds is 5. The van der Waals surface area contributed by atoms with Gasteiger partial charge in [0.2, 0.25) is 0 Å². The molecule has 5 aromatic rings. The second-order valence-electron chi connectivity index (χ2n) is 9.01. The molecule has 1 aliphatic heterocycles. The molecule has 2 aromatic heterocycles. The predicted octanol–water partition coefficient (Wildman–Crippen LogP) is 4.36. The molecule has 36 heavy (non-hydrogen) atoms. The molecular formula is C29H25N5O2. The summed E-state index contributed by atoms with van der Waals surface area (Å²) in [4.78, 5) is 27.8. The molecule has 0 fully saturated rings. The van der Waals surface area contributed by atoms with Crippen molar-refractivity contribution in [3.8, 4) is 0 Å². The van der Waals surface area contributed by atoms with Crippen LogP contribution >= 0.6 is 0 Å². The van der Waals surface area contributed by atoms with Gasteiger partial charge in [-0.05, 0) is 71.6 Å². The number of carbonyl (C=O) groups is 1. The van der Waals surface area contributed by atoms with Crippen molar-refractivity contribution in [1.29, 1.82) is 0 Å². The van der Waals surface area contributed by atoms with E-state index in [0.29, 0.717) is 23.4 Å². The second-order valence-corrected chi connectivity index (χ2v) is 9.01. The third-order valence-electron chi connectivity index (χ3n) is 6.63. The molecule has 1 aliphatic rings. The Morgan fingerprint density at radius 1 is 0.889 bits per heavy atom. The van der Waals surface area contributed by atoms with Crippen LogP contribution in [0.25, 0.3) is 5.65 Å². The van der Waals surface area contributed by atoms with Gasteiger partial charge in [-0.1, -0.05) is 42.5 Å². The number of carbonyl (C=O) groups excluding carboxylic acids is 1. The molecule has 1 N–H and O–H groups in total. The van der Waals surface area contributed by atoms with Crippen LogP contribution < -0.4 is 15.9 Å². The Balaban J connectivity index is 1.14. The van der Waals surface area contributed by atoms with Gasteiger partial charge in [0.25, 0.3) is 5.91 Å². The molecule has 0 aliphatic carbocycles. The zero-order chi connectivity index (χ0) is 24.5. The maximum absolute atomic E-state index is 12.9. The second kappa shape index (κ2) is 9.19. The maximum Gasteiger partial charge on any atom is 0.350 e. The lowest BCUT2D eigenvalue weighted by atomic mass is 9.99. The fourth-order valence-corrected chi connectivity index (χ4v) is 4.73. The van der Waals surface area contributed by atoms with Crippen molar-refractivity contribution in [1.82, 2.24) is 14.2 Å².